The van der Waals surface area contributed by atoms with Crippen LogP contribution in [0.1, 0.15) is 17.3 Å². The van der Waals surface area contributed by atoms with Crippen LogP contribution < -0.4 is 0 Å². The maximum atomic E-state index is 5.81. The third-order valence-electron chi connectivity index (χ3n) is 4.38. The topological polar surface area (TPSA) is 86.0 Å². The molecule has 0 N–H and O–H groups in total. The van der Waals surface area contributed by atoms with E-state index in [1.54, 1.807) is 6.20 Å². The molecule has 0 saturated heterocycles. The van der Waals surface area contributed by atoms with Gasteiger partial charge in [-0.25, -0.2) is 0 Å². The van der Waals surface area contributed by atoms with Crippen molar-refractivity contribution in [3.05, 3.63) is 59.9 Å². The van der Waals surface area contributed by atoms with E-state index in [2.05, 4.69) is 20.3 Å². The van der Waals surface area contributed by atoms with Crippen LogP contribution in [0.4, 0.5) is 0 Å². The maximum Gasteiger partial charge on any atom is 0.264 e. The number of hydrogen-bond acceptors (Lipinski definition) is 7. The smallest absolute Gasteiger partial charge is 0.264 e. The minimum Gasteiger partial charge on any atom is -0.418 e. The van der Waals surface area contributed by atoms with Crippen LogP contribution in [0, 0.1) is 6.92 Å². The minimum absolute atomic E-state index is 0.510. The van der Waals surface area contributed by atoms with Gasteiger partial charge in [0.25, 0.3) is 5.89 Å². The predicted molar refractivity (Wildman–Crippen MR) is 98.3 cm³/mol. The van der Waals surface area contributed by atoms with Gasteiger partial charge in [-0.15, -0.1) is 10.2 Å². The maximum absolute atomic E-state index is 5.81. The van der Waals surface area contributed by atoms with Crippen molar-refractivity contribution < 1.29 is 8.94 Å². The Labute approximate surface area is 156 Å². The SMILES string of the molecule is Cc1ccc(-c2nnc(CN(C)Cc3cc(-c4ccccn4)no3)o2)n1C. The molecule has 0 amide bonds. The van der Waals surface area contributed by atoms with Crippen molar-refractivity contribution in [3.8, 4) is 23.0 Å². The zero-order valence-corrected chi connectivity index (χ0v) is 15.5. The molecule has 0 unspecified atom stereocenters. The largest absolute Gasteiger partial charge is 0.418 e. The van der Waals surface area contributed by atoms with Gasteiger partial charge in [-0.2, -0.15) is 0 Å². The fourth-order valence-electron chi connectivity index (χ4n) is 2.82. The highest BCUT2D eigenvalue weighted by molar-refractivity contribution is 5.53. The molecule has 0 radical (unpaired) electrons. The van der Waals surface area contributed by atoms with E-state index < -0.39 is 0 Å². The monoisotopic (exact) mass is 364 g/mol. The quantitative estimate of drug-likeness (QED) is 0.520. The first kappa shape index (κ1) is 17.2. The number of aromatic nitrogens is 5. The zero-order chi connectivity index (χ0) is 18.8. The minimum atomic E-state index is 0.510. The highest BCUT2D eigenvalue weighted by atomic mass is 16.5. The van der Waals surface area contributed by atoms with E-state index in [1.165, 1.54) is 0 Å². The van der Waals surface area contributed by atoms with Crippen molar-refractivity contribution in [1.82, 2.24) is 29.8 Å². The summed E-state index contributed by atoms with van der Waals surface area (Å²) in [5.74, 6) is 1.82. The fraction of sp³-hybridized carbons (Fsp3) is 0.263. The number of pyridine rings is 1. The van der Waals surface area contributed by atoms with Crippen LogP contribution in [0.5, 0.6) is 0 Å². The van der Waals surface area contributed by atoms with Gasteiger partial charge in [0.05, 0.1) is 18.8 Å². The standard InChI is InChI=1S/C19H20N6O2/c1-13-7-8-17(25(13)3)19-22-21-18(26-19)12-24(2)11-14-10-16(23-27-14)15-6-4-5-9-20-15/h4-10H,11-12H2,1-3H3. The third kappa shape index (κ3) is 3.65. The molecule has 8 nitrogen and oxygen atoms in total. The third-order valence-corrected chi connectivity index (χ3v) is 4.38. The molecule has 4 rings (SSSR count). The summed E-state index contributed by atoms with van der Waals surface area (Å²) in [4.78, 5) is 6.30. The number of rotatable bonds is 6. The van der Waals surface area contributed by atoms with Gasteiger partial charge in [-0.3, -0.25) is 9.88 Å². The van der Waals surface area contributed by atoms with E-state index in [-0.39, 0.29) is 0 Å². The van der Waals surface area contributed by atoms with E-state index >= 15 is 0 Å². The molecule has 0 aliphatic carbocycles. The average molecular weight is 364 g/mol. The van der Waals surface area contributed by atoms with E-state index in [4.69, 9.17) is 8.94 Å². The number of hydrogen-bond donors (Lipinski definition) is 0. The Morgan fingerprint density at radius 3 is 2.70 bits per heavy atom. The number of nitrogens with zero attached hydrogens (tertiary/aromatic N) is 6. The lowest BCUT2D eigenvalue weighted by Crippen LogP contribution is -2.17. The molecule has 138 valence electrons. The molecular weight excluding hydrogens is 344 g/mol. The van der Waals surface area contributed by atoms with Gasteiger partial charge >= 0.3 is 0 Å². The first-order chi connectivity index (χ1) is 13.1. The first-order valence-electron chi connectivity index (χ1n) is 8.61. The van der Waals surface area contributed by atoms with Gasteiger partial charge in [0.1, 0.15) is 11.4 Å². The van der Waals surface area contributed by atoms with E-state index in [0.29, 0.717) is 24.9 Å². The second-order valence-corrected chi connectivity index (χ2v) is 6.49. The summed E-state index contributed by atoms with van der Waals surface area (Å²) in [6.07, 6.45) is 1.73. The second-order valence-electron chi connectivity index (χ2n) is 6.49. The van der Waals surface area contributed by atoms with Crippen molar-refractivity contribution >= 4 is 0 Å². The summed E-state index contributed by atoms with van der Waals surface area (Å²) in [5, 5.41) is 12.4. The summed E-state index contributed by atoms with van der Waals surface area (Å²) in [6, 6.07) is 11.6. The van der Waals surface area contributed by atoms with E-state index in [9.17, 15) is 0 Å². The summed E-state index contributed by atoms with van der Waals surface area (Å²) >= 11 is 0. The molecule has 0 saturated carbocycles. The molecule has 0 aliphatic heterocycles. The Bertz CT molecular complexity index is 1030. The molecule has 27 heavy (non-hydrogen) atoms. The van der Waals surface area contributed by atoms with Gasteiger partial charge in [0, 0.05) is 25.0 Å². The molecule has 4 aromatic heterocycles. The lowest BCUT2D eigenvalue weighted by Gasteiger charge is -2.11. The van der Waals surface area contributed by atoms with E-state index in [0.717, 1.165) is 28.5 Å². The highest BCUT2D eigenvalue weighted by Crippen LogP contribution is 2.21. The molecule has 0 aromatic carbocycles. The lowest BCUT2D eigenvalue weighted by atomic mass is 10.2. The Morgan fingerprint density at radius 2 is 1.96 bits per heavy atom. The lowest BCUT2D eigenvalue weighted by molar-refractivity contribution is 0.246. The summed E-state index contributed by atoms with van der Waals surface area (Å²) < 4.78 is 13.2. The first-order valence-corrected chi connectivity index (χ1v) is 8.61. The van der Waals surface area contributed by atoms with Crippen molar-refractivity contribution in [1.29, 1.82) is 0 Å². The van der Waals surface area contributed by atoms with E-state index in [1.807, 2.05) is 66.9 Å². The van der Waals surface area contributed by atoms with Gasteiger partial charge in [-0.1, -0.05) is 11.2 Å². The molecular formula is C19H20N6O2. The molecule has 0 atom stereocenters. The Balaban J connectivity index is 1.41. The molecule has 0 spiro atoms. The van der Waals surface area contributed by atoms with Crippen molar-refractivity contribution in [2.45, 2.75) is 20.0 Å². The Morgan fingerprint density at radius 1 is 1.07 bits per heavy atom. The summed E-state index contributed by atoms with van der Waals surface area (Å²) in [5.41, 5.74) is 3.55. The van der Waals surface area contributed by atoms with Crippen LogP contribution in [0.3, 0.4) is 0 Å². The summed E-state index contributed by atoms with van der Waals surface area (Å²) in [7, 11) is 3.93. The van der Waals surface area contributed by atoms with Crippen LogP contribution in [0.2, 0.25) is 0 Å². The molecule has 8 heteroatoms. The van der Waals surface area contributed by atoms with Gasteiger partial charge in [-0.05, 0) is 38.2 Å². The van der Waals surface area contributed by atoms with Gasteiger partial charge < -0.3 is 13.5 Å². The van der Waals surface area contributed by atoms with Gasteiger partial charge in [0.15, 0.2) is 5.76 Å². The fourth-order valence-corrected chi connectivity index (χ4v) is 2.82. The normalized spacial score (nSPS) is 11.4. The Hall–Kier alpha value is -3.26. The predicted octanol–water partition coefficient (Wildman–Crippen LogP) is 3.07. The van der Waals surface area contributed by atoms with Crippen molar-refractivity contribution in [3.63, 3.8) is 0 Å². The molecule has 4 heterocycles. The second kappa shape index (κ2) is 7.16. The van der Waals surface area contributed by atoms with Gasteiger partial charge in [0.2, 0.25) is 5.89 Å². The molecule has 0 fully saturated rings. The van der Waals surface area contributed by atoms with Crippen molar-refractivity contribution in [2.75, 3.05) is 7.05 Å². The Kier molecular flexibility index (Phi) is 4.55. The van der Waals surface area contributed by atoms with Crippen molar-refractivity contribution in [2.24, 2.45) is 7.05 Å². The average Bonchev–Trinajstić information content (AvgIpc) is 3.38. The molecule has 0 aliphatic rings. The molecule has 0 bridgehead atoms. The number of aryl methyl sites for hydroxylation is 1. The zero-order valence-electron chi connectivity index (χ0n) is 15.5. The van der Waals surface area contributed by atoms with Crippen LogP contribution >= 0.6 is 0 Å². The highest BCUT2D eigenvalue weighted by Gasteiger charge is 2.15. The summed E-state index contributed by atoms with van der Waals surface area (Å²) in [6.45, 7) is 3.11. The van der Waals surface area contributed by atoms with Crippen LogP contribution in [0.25, 0.3) is 23.0 Å². The molecule has 4 aromatic rings. The van der Waals surface area contributed by atoms with Crippen LogP contribution in [0.15, 0.2) is 51.5 Å². The van der Waals surface area contributed by atoms with Crippen LogP contribution in [-0.2, 0) is 20.1 Å². The van der Waals surface area contributed by atoms with Crippen LogP contribution in [-0.4, -0.2) is 36.9 Å².